The largest absolute Gasteiger partial charge is 0.355 e. The average Bonchev–Trinajstić information content (AvgIpc) is 3.26. The summed E-state index contributed by atoms with van der Waals surface area (Å²) in [5, 5.41) is 7.25. The van der Waals surface area contributed by atoms with E-state index in [4.69, 9.17) is 4.52 Å². The van der Waals surface area contributed by atoms with Crippen LogP contribution < -0.4 is 5.32 Å². The zero-order chi connectivity index (χ0) is 23.3. The highest BCUT2D eigenvalue weighted by Crippen LogP contribution is 2.31. The molecule has 3 heterocycles. The van der Waals surface area contributed by atoms with Crippen LogP contribution in [-0.2, 0) is 4.79 Å². The van der Waals surface area contributed by atoms with Gasteiger partial charge in [-0.05, 0) is 24.0 Å². The Hall–Kier alpha value is -3.45. The highest BCUT2D eigenvalue weighted by atomic mass is 16.5. The lowest BCUT2D eigenvalue weighted by Crippen LogP contribution is -2.47. The molecular formula is C27H30N4O3. The second kappa shape index (κ2) is 10.2. The number of benzene rings is 2. The van der Waals surface area contributed by atoms with Gasteiger partial charge >= 0.3 is 0 Å². The van der Waals surface area contributed by atoms with Crippen molar-refractivity contribution in [2.75, 3.05) is 32.7 Å². The molecule has 2 fully saturated rings. The number of carbonyl (C=O) groups is 2. The predicted octanol–water partition coefficient (Wildman–Crippen LogP) is 3.28. The van der Waals surface area contributed by atoms with Crippen LogP contribution in [0.1, 0.15) is 52.6 Å². The molecule has 34 heavy (non-hydrogen) atoms. The molecule has 2 amide bonds. The second-order valence-electron chi connectivity index (χ2n) is 9.03. The number of hydrogen-bond acceptors (Lipinski definition) is 5. The summed E-state index contributed by atoms with van der Waals surface area (Å²) in [6.07, 6.45) is 2.35. The van der Waals surface area contributed by atoms with Crippen molar-refractivity contribution in [1.29, 1.82) is 0 Å². The number of aromatic nitrogens is 1. The topological polar surface area (TPSA) is 78.7 Å². The summed E-state index contributed by atoms with van der Waals surface area (Å²) in [5.41, 5.74) is 2.94. The lowest BCUT2D eigenvalue weighted by Gasteiger charge is -2.37. The summed E-state index contributed by atoms with van der Waals surface area (Å²) in [4.78, 5) is 29.1. The van der Waals surface area contributed by atoms with Gasteiger partial charge in [0.25, 0.3) is 5.91 Å². The highest BCUT2D eigenvalue weighted by molar-refractivity contribution is 5.91. The standard InChI is InChI=1S/C27H30N4O3/c32-25-13-17-30(18-14-28-25)22-11-15-31(16-12-22)27(33)24-19-23(29-34-24)26(20-7-3-1-4-8-20)21-9-5-2-6-10-21/h1-10,19,22,26H,11-18H2,(H,28,32). The fourth-order valence-electron chi connectivity index (χ4n) is 5.09. The third-order valence-electron chi connectivity index (χ3n) is 6.92. The minimum atomic E-state index is -0.107. The van der Waals surface area contributed by atoms with Crippen LogP contribution in [0.4, 0.5) is 0 Å². The molecule has 0 bridgehead atoms. The predicted molar refractivity (Wildman–Crippen MR) is 128 cm³/mol. The summed E-state index contributed by atoms with van der Waals surface area (Å²) >= 11 is 0. The van der Waals surface area contributed by atoms with Crippen molar-refractivity contribution in [3.8, 4) is 0 Å². The van der Waals surface area contributed by atoms with Gasteiger partial charge < -0.3 is 14.7 Å². The third kappa shape index (κ3) is 4.89. The van der Waals surface area contributed by atoms with E-state index in [-0.39, 0.29) is 23.5 Å². The monoisotopic (exact) mass is 458 g/mol. The van der Waals surface area contributed by atoms with Gasteiger partial charge in [-0.15, -0.1) is 0 Å². The fraction of sp³-hybridized carbons (Fsp3) is 0.370. The maximum atomic E-state index is 13.2. The molecule has 1 N–H and O–H groups in total. The number of likely N-dealkylation sites (tertiary alicyclic amines) is 1. The Balaban J connectivity index is 1.28. The molecule has 2 aliphatic heterocycles. The van der Waals surface area contributed by atoms with E-state index in [0.717, 1.165) is 42.8 Å². The molecule has 1 aromatic heterocycles. The van der Waals surface area contributed by atoms with Crippen molar-refractivity contribution in [3.05, 3.63) is 89.3 Å². The Morgan fingerprint density at radius 3 is 2.24 bits per heavy atom. The Morgan fingerprint density at radius 2 is 1.59 bits per heavy atom. The molecule has 0 spiro atoms. The zero-order valence-corrected chi connectivity index (χ0v) is 19.2. The summed E-state index contributed by atoms with van der Waals surface area (Å²) < 4.78 is 5.58. The van der Waals surface area contributed by atoms with Gasteiger partial charge in [0.05, 0.1) is 11.6 Å². The molecule has 0 atom stereocenters. The van der Waals surface area contributed by atoms with E-state index >= 15 is 0 Å². The van der Waals surface area contributed by atoms with Crippen LogP contribution in [0.15, 0.2) is 71.3 Å². The van der Waals surface area contributed by atoms with Gasteiger partial charge in [-0.2, -0.15) is 0 Å². The number of nitrogens with zero attached hydrogens (tertiary/aromatic N) is 3. The lowest BCUT2D eigenvalue weighted by atomic mass is 9.88. The first kappa shape index (κ1) is 22.3. The minimum Gasteiger partial charge on any atom is -0.355 e. The first-order valence-corrected chi connectivity index (χ1v) is 12.1. The van der Waals surface area contributed by atoms with Crippen LogP contribution >= 0.6 is 0 Å². The first-order valence-electron chi connectivity index (χ1n) is 12.1. The van der Waals surface area contributed by atoms with E-state index < -0.39 is 0 Å². The number of rotatable bonds is 5. The number of nitrogens with one attached hydrogen (secondary N) is 1. The molecule has 2 aromatic carbocycles. The molecule has 0 aliphatic carbocycles. The summed E-state index contributed by atoms with van der Waals surface area (Å²) in [6.45, 7) is 3.71. The molecule has 2 aliphatic rings. The van der Waals surface area contributed by atoms with E-state index in [2.05, 4.69) is 39.6 Å². The third-order valence-corrected chi connectivity index (χ3v) is 6.92. The molecule has 0 unspecified atom stereocenters. The van der Waals surface area contributed by atoms with Crippen LogP contribution in [0.5, 0.6) is 0 Å². The molecular weight excluding hydrogens is 428 g/mol. The van der Waals surface area contributed by atoms with E-state index in [9.17, 15) is 9.59 Å². The Labute approximate surface area is 199 Å². The maximum absolute atomic E-state index is 13.2. The Morgan fingerprint density at radius 1 is 0.941 bits per heavy atom. The van der Waals surface area contributed by atoms with Gasteiger partial charge in [0.1, 0.15) is 0 Å². The maximum Gasteiger partial charge on any atom is 0.292 e. The van der Waals surface area contributed by atoms with Crippen LogP contribution in [0.3, 0.4) is 0 Å². The quantitative estimate of drug-likeness (QED) is 0.635. The second-order valence-corrected chi connectivity index (χ2v) is 9.03. The summed E-state index contributed by atoms with van der Waals surface area (Å²) in [6, 6.07) is 22.5. The van der Waals surface area contributed by atoms with Crippen molar-refractivity contribution >= 4 is 11.8 Å². The van der Waals surface area contributed by atoms with E-state index in [1.807, 2.05) is 41.3 Å². The molecule has 0 radical (unpaired) electrons. The van der Waals surface area contributed by atoms with Crippen LogP contribution in [0.25, 0.3) is 0 Å². The van der Waals surface area contributed by atoms with Gasteiger partial charge in [0, 0.05) is 51.3 Å². The molecule has 7 heteroatoms. The van der Waals surface area contributed by atoms with Crippen molar-refractivity contribution in [3.63, 3.8) is 0 Å². The molecule has 2 saturated heterocycles. The van der Waals surface area contributed by atoms with Crippen LogP contribution in [-0.4, -0.2) is 65.5 Å². The number of carbonyl (C=O) groups excluding carboxylic acids is 2. The van der Waals surface area contributed by atoms with Crippen LogP contribution in [0.2, 0.25) is 0 Å². The first-order chi connectivity index (χ1) is 16.7. The molecule has 5 rings (SSSR count). The zero-order valence-electron chi connectivity index (χ0n) is 19.2. The molecule has 0 saturated carbocycles. The van der Waals surface area contributed by atoms with Crippen molar-refractivity contribution < 1.29 is 14.1 Å². The average molecular weight is 459 g/mol. The minimum absolute atomic E-state index is 0.0993. The van der Waals surface area contributed by atoms with E-state index in [1.165, 1.54) is 0 Å². The number of amides is 2. The Kier molecular flexibility index (Phi) is 6.72. The fourth-order valence-corrected chi connectivity index (χ4v) is 5.09. The molecule has 3 aromatic rings. The van der Waals surface area contributed by atoms with Crippen molar-refractivity contribution in [1.82, 2.24) is 20.3 Å². The van der Waals surface area contributed by atoms with Gasteiger partial charge in [-0.1, -0.05) is 65.8 Å². The lowest BCUT2D eigenvalue weighted by molar-refractivity contribution is -0.120. The SMILES string of the molecule is O=C1CCN(C2CCN(C(=O)c3cc(C(c4ccccc4)c4ccccc4)no3)CC2)CCN1. The summed E-state index contributed by atoms with van der Waals surface area (Å²) in [7, 11) is 0. The smallest absolute Gasteiger partial charge is 0.292 e. The van der Waals surface area contributed by atoms with Gasteiger partial charge in [0.2, 0.25) is 11.7 Å². The number of hydrogen-bond donors (Lipinski definition) is 1. The van der Waals surface area contributed by atoms with Gasteiger partial charge in [-0.25, -0.2) is 0 Å². The molecule has 7 nitrogen and oxygen atoms in total. The Bertz CT molecular complexity index is 1070. The van der Waals surface area contributed by atoms with E-state index in [0.29, 0.717) is 32.1 Å². The van der Waals surface area contributed by atoms with E-state index in [1.54, 1.807) is 6.07 Å². The van der Waals surface area contributed by atoms with Crippen molar-refractivity contribution in [2.45, 2.75) is 31.2 Å². The normalized spacial score (nSPS) is 18.0. The van der Waals surface area contributed by atoms with Gasteiger partial charge in [-0.3, -0.25) is 14.5 Å². The number of piperidine rings is 1. The van der Waals surface area contributed by atoms with Gasteiger partial charge in [0.15, 0.2) is 0 Å². The molecule has 176 valence electrons. The van der Waals surface area contributed by atoms with Crippen LogP contribution in [0, 0.1) is 0 Å². The summed E-state index contributed by atoms with van der Waals surface area (Å²) in [5.74, 6) is 0.206. The van der Waals surface area contributed by atoms with Crippen molar-refractivity contribution in [2.24, 2.45) is 0 Å². The highest BCUT2D eigenvalue weighted by Gasteiger charge is 2.31.